The van der Waals surface area contributed by atoms with Gasteiger partial charge in [0.2, 0.25) is 0 Å². The lowest BCUT2D eigenvalue weighted by Crippen LogP contribution is -2.32. The zero-order chi connectivity index (χ0) is 15.2. The van der Waals surface area contributed by atoms with E-state index in [-0.39, 0.29) is 0 Å². The summed E-state index contributed by atoms with van der Waals surface area (Å²) in [5.74, 6) is -0.967. The van der Waals surface area contributed by atoms with Crippen LogP contribution in [0.2, 0.25) is 0 Å². The Kier molecular flexibility index (Phi) is 5.12. The molecule has 1 atom stereocenters. The van der Waals surface area contributed by atoms with E-state index in [1.165, 1.54) is 11.1 Å². The monoisotopic (exact) mass is 283 g/mol. The van der Waals surface area contributed by atoms with Gasteiger partial charge in [0.25, 0.3) is 0 Å². The quantitative estimate of drug-likeness (QED) is 0.855. The lowest BCUT2D eigenvalue weighted by atomic mass is 9.99. The summed E-state index contributed by atoms with van der Waals surface area (Å²) in [6.07, 6.45) is 2.61. The van der Waals surface area contributed by atoms with Gasteiger partial charge in [-0.1, -0.05) is 61.9 Å². The van der Waals surface area contributed by atoms with E-state index in [4.69, 9.17) is 10.8 Å². The molecule has 0 fully saturated rings. The molecule has 21 heavy (non-hydrogen) atoms. The highest BCUT2D eigenvalue weighted by molar-refractivity contribution is 5.73. The maximum atomic E-state index is 10.8. The van der Waals surface area contributed by atoms with Crippen LogP contribution in [0.25, 0.3) is 11.1 Å². The number of benzene rings is 2. The Morgan fingerprint density at radius 2 is 1.48 bits per heavy atom. The first-order valence-electron chi connectivity index (χ1n) is 7.26. The molecule has 0 bridgehead atoms. The average Bonchev–Trinajstić information content (AvgIpc) is 2.49. The molecule has 0 aliphatic carbocycles. The number of carboxylic acid groups (broad SMARTS) is 1. The Balaban J connectivity index is 2.09. The molecule has 0 radical (unpaired) electrons. The van der Waals surface area contributed by atoms with Gasteiger partial charge in [0, 0.05) is 0 Å². The third-order valence-corrected chi connectivity index (χ3v) is 3.55. The van der Waals surface area contributed by atoms with Crippen LogP contribution < -0.4 is 5.73 Å². The van der Waals surface area contributed by atoms with Crippen LogP contribution >= 0.6 is 0 Å². The van der Waals surface area contributed by atoms with E-state index in [1.54, 1.807) is 0 Å². The van der Waals surface area contributed by atoms with Crippen LogP contribution in [-0.2, 0) is 17.6 Å². The molecule has 0 saturated carbocycles. The first-order chi connectivity index (χ1) is 10.1. The van der Waals surface area contributed by atoms with Crippen molar-refractivity contribution in [1.82, 2.24) is 0 Å². The molecule has 0 saturated heterocycles. The molecule has 0 amide bonds. The Morgan fingerprint density at radius 1 is 1.00 bits per heavy atom. The SMILES string of the molecule is CCCc1ccc(-c2ccc(CC(N)C(=O)O)cc2)cc1. The fourth-order valence-electron chi connectivity index (χ4n) is 2.33. The first-order valence-corrected chi connectivity index (χ1v) is 7.26. The molecular formula is C18H21NO2. The zero-order valence-corrected chi connectivity index (χ0v) is 12.3. The van der Waals surface area contributed by atoms with Gasteiger partial charge in [-0.2, -0.15) is 0 Å². The number of rotatable bonds is 6. The van der Waals surface area contributed by atoms with Crippen molar-refractivity contribution in [2.45, 2.75) is 32.2 Å². The summed E-state index contributed by atoms with van der Waals surface area (Å²) < 4.78 is 0. The summed E-state index contributed by atoms with van der Waals surface area (Å²) in [5, 5.41) is 8.82. The second kappa shape index (κ2) is 7.04. The lowest BCUT2D eigenvalue weighted by molar-refractivity contribution is -0.138. The molecule has 2 aromatic rings. The average molecular weight is 283 g/mol. The fourth-order valence-corrected chi connectivity index (χ4v) is 2.33. The number of carbonyl (C=O) groups is 1. The van der Waals surface area contributed by atoms with E-state index in [9.17, 15) is 4.79 Å². The number of hydrogen-bond acceptors (Lipinski definition) is 2. The lowest BCUT2D eigenvalue weighted by Gasteiger charge is -2.08. The van der Waals surface area contributed by atoms with Crippen molar-refractivity contribution in [2.75, 3.05) is 0 Å². The van der Waals surface area contributed by atoms with E-state index < -0.39 is 12.0 Å². The highest BCUT2D eigenvalue weighted by Crippen LogP contribution is 2.21. The standard InChI is InChI=1S/C18H21NO2/c1-2-3-13-4-8-15(9-5-13)16-10-6-14(7-11-16)12-17(19)18(20)21/h4-11,17H,2-3,12,19H2,1H3,(H,20,21). The molecule has 0 aromatic heterocycles. The molecule has 0 aliphatic rings. The van der Waals surface area contributed by atoms with Gasteiger partial charge in [0.05, 0.1) is 0 Å². The second-order valence-electron chi connectivity index (χ2n) is 5.29. The largest absolute Gasteiger partial charge is 0.480 e. The van der Waals surface area contributed by atoms with Gasteiger partial charge < -0.3 is 10.8 Å². The molecule has 2 rings (SSSR count). The van der Waals surface area contributed by atoms with Crippen molar-refractivity contribution in [1.29, 1.82) is 0 Å². The molecule has 3 heteroatoms. The Bertz CT molecular complexity index is 588. The molecule has 3 nitrogen and oxygen atoms in total. The summed E-state index contributed by atoms with van der Waals surface area (Å²) in [7, 11) is 0. The van der Waals surface area contributed by atoms with Crippen LogP contribution in [0.3, 0.4) is 0 Å². The third-order valence-electron chi connectivity index (χ3n) is 3.55. The molecule has 1 unspecified atom stereocenters. The van der Waals surface area contributed by atoms with E-state index in [0.717, 1.165) is 24.0 Å². The number of aryl methyl sites for hydroxylation is 1. The summed E-state index contributed by atoms with van der Waals surface area (Å²) in [4.78, 5) is 10.8. The smallest absolute Gasteiger partial charge is 0.320 e. The highest BCUT2D eigenvalue weighted by Gasteiger charge is 2.11. The Morgan fingerprint density at radius 3 is 1.90 bits per heavy atom. The van der Waals surface area contributed by atoms with E-state index in [0.29, 0.717) is 6.42 Å². The predicted octanol–water partition coefficient (Wildman–Crippen LogP) is 3.26. The first kappa shape index (κ1) is 15.3. The van der Waals surface area contributed by atoms with Gasteiger partial charge >= 0.3 is 5.97 Å². The van der Waals surface area contributed by atoms with Crippen molar-refractivity contribution in [3.05, 3.63) is 59.7 Å². The zero-order valence-electron chi connectivity index (χ0n) is 12.3. The summed E-state index contributed by atoms with van der Waals surface area (Å²) in [5.41, 5.74) is 10.1. The molecule has 3 N–H and O–H groups in total. The van der Waals surface area contributed by atoms with Gasteiger partial charge in [-0.25, -0.2) is 0 Å². The minimum atomic E-state index is -0.967. The van der Waals surface area contributed by atoms with E-state index in [1.807, 2.05) is 24.3 Å². The van der Waals surface area contributed by atoms with E-state index in [2.05, 4.69) is 31.2 Å². The Hall–Kier alpha value is -2.13. The van der Waals surface area contributed by atoms with Gasteiger partial charge in [-0.05, 0) is 35.1 Å². The number of aliphatic carboxylic acids is 1. The van der Waals surface area contributed by atoms with Crippen molar-refractivity contribution in [2.24, 2.45) is 5.73 Å². The van der Waals surface area contributed by atoms with Crippen molar-refractivity contribution in [3.63, 3.8) is 0 Å². The van der Waals surface area contributed by atoms with Crippen molar-refractivity contribution < 1.29 is 9.90 Å². The van der Waals surface area contributed by atoms with Crippen molar-refractivity contribution in [3.8, 4) is 11.1 Å². The maximum Gasteiger partial charge on any atom is 0.320 e. The molecule has 0 aliphatic heterocycles. The topological polar surface area (TPSA) is 63.3 Å². The number of nitrogens with two attached hydrogens (primary N) is 1. The summed E-state index contributed by atoms with van der Waals surface area (Å²) >= 11 is 0. The molecule has 0 spiro atoms. The third kappa shape index (κ3) is 4.17. The minimum absolute atomic E-state index is 0.352. The van der Waals surface area contributed by atoms with Crippen molar-refractivity contribution >= 4 is 5.97 Å². The highest BCUT2D eigenvalue weighted by atomic mass is 16.4. The number of carboxylic acids is 1. The van der Waals surface area contributed by atoms with Gasteiger partial charge in [-0.15, -0.1) is 0 Å². The van der Waals surface area contributed by atoms with Crippen LogP contribution in [0.1, 0.15) is 24.5 Å². The van der Waals surface area contributed by atoms with Gasteiger partial charge in [0.1, 0.15) is 6.04 Å². The Labute approximate surface area is 125 Å². The van der Waals surface area contributed by atoms with E-state index >= 15 is 0 Å². The van der Waals surface area contributed by atoms with Gasteiger partial charge in [-0.3, -0.25) is 4.79 Å². The summed E-state index contributed by atoms with van der Waals surface area (Å²) in [6.45, 7) is 2.18. The normalized spacial score (nSPS) is 12.1. The summed E-state index contributed by atoms with van der Waals surface area (Å²) in [6, 6.07) is 15.6. The van der Waals surface area contributed by atoms with Crippen LogP contribution in [-0.4, -0.2) is 17.1 Å². The molecule has 110 valence electrons. The fraction of sp³-hybridized carbons (Fsp3) is 0.278. The van der Waals surface area contributed by atoms with Gasteiger partial charge in [0.15, 0.2) is 0 Å². The maximum absolute atomic E-state index is 10.8. The van der Waals surface area contributed by atoms with Crippen LogP contribution in [0, 0.1) is 0 Å². The number of hydrogen-bond donors (Lipinski definition) is 2. The van der Waals surface area contributed by atoms with Crippen LogP contribution in [0.4, 0.5) is 0 Å². The van der Waals surface area contributed by atoms with Crippen LogP contribution in [0.5, 0.6) is 0 Å². The molecular weight excluding hydrogens is 262 g/mol. The predicted molar refractivity (Wildman–Crippen MR) is 85.2 cm³/mol. The molecule has 0 heterocycles. The van der Waals surface area contributed by atoms with Crippen LogP contribution in [0.15, 0.2) is 48.5 Å². The second-order valence-corrected chi connectivity index (χ2v) is 5.29. The minimum Gasteiger partial charge on any atom is -0.480 e. The molecule has 2 aromatic carbocycles.